The van der Waals surface area contributed by atoms with E-state index in [1.54, 1.807) is 0 Å². The molecule has 0 heterocycles. The first-order valence-electron chi connectivity index (χ1n) is 2.85. The van der Waals surface area contributed by atoms with E-state index in [1.807, 2.05) is 0 Å². The van der Waals surface area contributed by atoms with Gasteiger partial charge < -0.3 is 4.55 Å². The molecule has 0 spiro atoms. The van der Waals surface area contributed by atoms with Crippen molar-refractivity contribution in [1.29, 1.82) is 0 Å². The maximum Gasteiger partial charge on any atom is 0.0223 e. The predicted octanol–water partition coefficient (Wildman–Crippen LogP) is 1.73. The maximum atomic E-state index is 8.62. The molecule has 0 amide bonds. The van der Waals surface area contributed by atoms with Gasteiger partial charge in [0.15, 0.2) is 0 Å². The van der Waals surface area contributed by atoms with E-state index in [2.05, 4.69) is 18.1 Å². The summed E-state index contributed by atoms with van der Waals surface area (Å²) in [4.78, 5) is 0. The van der Waals surface area contributed by atoms with Gasteiger partial charge in [0.05, 0.1) is 0 Å². The fraction of sp³-hybridized carbons (Fsp3) is 1.00. The minimum Gasteiger partial charge on any atom is -0.327 e. The number of unbranched alkanes of at least 4 members (excludes halogenated alkanes) is 2. The van der Waals surface area contributed by atoms with Gasteiger partial charge in [-0.2, -0.15) is 0 Å². The Bertz CT molecular complexity index is 72.8. The van der Waals surface area contributed by atoms with Crippen LogP contribution in [-0.4, -0.2) is 10.3 Å². The zero-order chi connectivity index (χ0) is 6.41. The third-order valence-electron chi connectivity index (χ3n) is 0.923. The molecular weight excluding hydrogens is 140 g/mol. The van der Waals surface area contributed by atoms with E-state index < -0.39 is 9.74 Å². The van der Waals surface area contributed by atoms with Gasteiger partial charge in [-0.1, -0.05) is 19.8 Å². The monoisotopic (exact) mass is 152 g/mol. The molecule has 0 aliphatic carbocycles. The van der Waals surface area contributed by atoms with Gasteiger partial charge in [-0.05, 0) is 17.6 Å². The summed E-state index contributed by atoms with van der Waals surface area (Å²) < 4.78 is 8.62. The summed E-state index contributed by atoms with van der Waals surface area (Å²) >= 11 is 4.58. The van der Waals surface area contributed by atoms with Gasteiger partial charge in [0.1, 0.15) is 0 Å². The molecule has 8 heavy (non-hydrogen) atoms. The van der Waals surface area contributed by atoms with Crippen molar-refractivity contribution in [3.05, 3.63) is 0 Å². The third kappa shape index (κ3) is 6.53. The van der Waals surface area contributed by atoms with E-state index in [-0.39, 0.29) is 0 Å². The van der Waals surface area contributed by atoms with Gasteiger partial charge >= 0.3 is 0 Å². The zero-order valence-electron chi connectivity index (χ0n) is 5.09. The van der Waals surface area contributed by atoms with Gasteiger partial charge in [0, 0.05) is 15.5 Å². The van der Waals surface area contributed by atoms with Crippen molar-refractivity contribution in [2.75, 3.05) is 5.75 Å². The highest BCUT2D eigenvalue weighted by Gasteiger charge is 1.86. The molecule has 3 heteroatoms. The average molecular weight is 152 g/mol. The zero-order valence-corrected chi connectivity index (χ0v) is 6.73. The van der Waals surface area contributed by atoms with Gasteiger partial charge in [-0.3, -0.25) is 0 Å². The van der Waals surface area contributed by atoms with Gasteiger partial charge in [-0.25, -0.2) is 0 Å². The fourth-order valence-corrected chi connectivity index (χ4v) is 1.28. The van der Waals surface area contributed by atoms with Crippen molar-refractivity contribution in [1.82, 2.24) is 0 Å². The van der Waals surface area contributed by atoms with Crippen LogP contribution in [0.2, 0.25) is 0 Å². The molecule has 0 aliphatic rings. The molecular formula is C5H12OS2. The van der Waals surface area contributed by atoms with Crippen molar-refractivity contribution < 1.29 is 4.55 Å². The molecule has 0 radical (unpaired) electrons. The molecule has 1 unspecified atom stereocenters. The lowest BCUT2D eigenvalue weighted by Crippen LogP contribution is -1.91. The van der Waals surface area contributed by atoms with Crippen LogP contribution < -0.4 is 0 Å². The van der Waals surface area contributed by atoms with Gasteiger partial charge in [0.2, 0.25) is 0 Å². The normalized spacial score (nSPS) is 13.8. The molecule has 50 valence electrons. The lowest BCUT2D eigenvalue weighted by molar-refractivity contribution is 0.648. The first-order chi connectivity index (χ1) is 3.77. The van der Waals surface area contributed by atoms with Crippen molar-refractivity contribution in [3.8, 4) is 0 Å². The Morgan fingerprint density at radius 1 is 1.50 bits per heavy atom. The molecule has 0 aromatic heterocycles. The number of rotatable bonds is 4. The Hall–Kier alpha value is 0.530. The SMILES string of the molecule is CCCCCS(O)=S. The Balaban J connectivity index is 2.82. The largest absolute Gasteiger partial charge is 0.327 e. The van der Waals surface area contributed by atoms with E-state index in [0.717, 1.165) is 12.2 Å². The second-order valence-corrected chi connectivity index (χ2v) is 3.94. The van der Waals surface area contributed by atoms with E-state index in [0.29, 0.717) is 0 Å². The predicted molar refractivity (Wildman–Crippen MR) is 41.8 cm³/mol. The van der Waals surface area contributed by atoms with Crippen molar-refractivity contribution in [3.63, 3.8) is 0 Å². The number of hydrogen-bond donors (Lipinski definition) is 1. The maximum absolute atomic E-state index is 8.62. The summed E-state index contributed by atoms with van der Waals surface area (Å²) in [6.07, 6.45) is 3.48. The first kappa shape index (κ1) is 8.53. The van der Waals surface area contributed by atoms with E-state index in [1.165, 1.54) is 12.8 Å². The molecule has 1 nitrogen and oxygen atoms in total. The Labute approximate surface area is 57.9 Å². The molecule has 1 N–H and O–H groups in total. The molecule has 0 bridgehead atoms. The van der Waals surface area contributed by atoms with E-state index in [9.17, 15) is 0 Å². The molecule has 0 saturated carbocycles. The summed E-state index contributed by atoms with van der Waals surface area (Å²) in [5, 5.41) is 0. The summed E-state index contributed by atoms with van der Waals surface area (Å²) in [5.74, 6) is 0.809. The lowest BCUT2D eigenvalue weighted by atomic mass is 10.3. The van der Waals surface area contributed by atoms with E-state index in [4.69, 9.17) is 4.55 Å². The Morgan fingerprint density at radius 2 is 2.12 bits per heavy atom. The first-order valence-corrected chi connectivity index (χ1v) is 5.12. The molecule has 0 aromatic rings. The smallest absolute Gasteiger partial charge is 0.0223 e. The van der Waals surface area contributed by atoms with Crippen molar-refractivity contribution in [2.24, 2.45) is 0 Å². The topological polar surface area (TPSA) is 20.2 Å². The van der Waals surface area contributed by atoms with Crippen LogP contribution in [0.1, 0.15) is 26.2 Å². The highest BCUT2D eigenvalue weighted by atomic mass is 32.8. The van der Waals surface area contributed by atoms with Gasteiger partial charge in [-0.15, -0.1) is 0 Å². The number of hydrogen-bond acceptors (Lipinski definition) is 1. The summed E-state index contributed by atoms with van der Waals surface area (Å²) in [6, 6.07) is 0. The molecule has 0 aliphatic heterocycles. The summed E-state index contributed by atoms with van der Waals surface area (Å²) in [7, 11) is -0.734. The average Bonchev–Trinajstić information content (AvgIpc) is 1.66. The summed E-state index contributed by atoms with van der Waals surface area (Å²) in [5.41, 5.74) is 0. The standard InChI is InChI=1S/C5H12OS2/c1-2-3-4-5-8(6)7/h2-5H2,1H3,(H,6,7). The molecule has 0 fully saturated rings. The molecule has 0 aromatic carbocycles. The van der Waals surface area contributed by atoms with Crippen LogP contribution in [-0.2, 0) is 20.9 Å². The van der Waals surface area contributed by atoms with Crippen molar-refractivity contribution in [2.45, 2.75) is 26.2 Å². The summed E-state index contributed by atoms with van der Waals surface area (Å²) in [6.45, 7) is 2.14. The van der Waals surface area contributed by atoms with Crippen molar-refractivity contribution >= 4 is 20.9 Å². The van der Waals surface area contributed by atoms with Crippen LogP contribution in [0.5, 0.6) is 0 Å². The van der Waals surface area contributed by atoms with E-state index >= 15 is 0 Å². The highest BCUT2D eigenvalue weighted by molar-refractivity contribution is 8.25. The third-order valence-corrected chi connectivity index (χ3v) is 2.06. The van der Waals surface area contributed by atoms with Crippen LogP contribution in [0.15, 0.2) is 0 Å². The highest BCUT2D eigenvalue weighted by Crippen LogP contribution is 1.93. The van der Waals surface area contributed by atoms with Crippen LogP contribution in [0.3, 0.4) is 0 Å². The molecule has 0 saturated heterocycles. The molecule has 1 atom stereocenters. The molecule has 0 rings (SSSR count). The minimum atomic E-state index is -0.734. The van der Waals surface area contributed by atoms with Crippen LogP contribution >= 0.6 is 0 Å². The fourth-order valence-electron chi connectivity index (χ4n) is 0.476. The quantitative estimate of drug-likeness (QED) is 0.619. The van der Waals surface area contributed by atoms with Crippen LogP contribution in [0.25, 0.3) is 0 Å². The second-order valence-electron chi connectivity index (χ2n) is 1.73. The van der Waals surface area contributed by atoms with Crippen LogP contribution in [0.4, 0.5) is 0 Å². The van der Waals surface area contributed by atoms with Gasteiger partial charge in [0.25, 0.3) is 0 Å². The lowest BCUT2D eigenvalue weighted by Gasteiger charge is -1.93. The Morgan fingerprint density at radius 3 is 2.50 bits per heavy atom. The Kier molecular flexibility index (Phi) is 6.04. The minimum absolute atomic E-state index is 0.734. The van der Waals surface area contributed by atoms with Crippen LogP contribution in [0, 0.1) is 0 Å². The second kappa shape index (κ2) is 5.66.